The second-order valence-corrected chi connectivity index (χ2v) is 6.41. The summed E-state index contributed by atoms with van der Waals surface area (Å²) in [6, 6.07) is -0.0276. The van der Waals surface area contributed by atoms with Gasteiger partial charge in [0.1, 0.15) is 0 Å². The molecule has 1 amide bonds. The van der Waals surface area contributed by atoms with Gasteiger partial charge in [0.25, 0.3) is 0 Å². The number of hydrogen-bond donors (Lipinski definition) is 1. The third-order valence-electron chi connectivity index (χ3n) is 2.27. The summed E-state index contributed by atoms with van der Waals surface area (Å²) < 4.78 is 0.200. The Morgan fingerprint density at radius 1 is 1.60 bits per heavy atom. The standard InChI is InChI=1S/C10H20N2OS.ClH/c1-8(11)6-9(13)12-4-5-14-10(2,3)7-12;/h8H,4-7,11H2,1-3H3;1H. The van der Waals surface area contributed by atoms with E-state index in [9.17, 15) is 4.79 Å². The van der Waals surface area contributed by atoms with Crippen molar-refractivity contribution in [2.75, 3.05) is 18.8 Å². The van der Waals surface area contributed by atoms with Crippen molar-refractivity contribution in [1.82, 2.24) is 4.90 Å². The number of carbonyl (C=O) groups is 1. The number of rotatable bonds is 2. The van der Waals surface area contributed by atoms with E-state index in [2.05, 4.69) is 13.8 Å². The average molecular weight is 253 g/mol. The lowest BCUT2D eigenvalue weighted by atomic mass is 10.1. The zero-order valence-corrected chi connectivity index (χ0v) is 11.3. The lowest BCUT2D eigenvalue weighted by Gasteiger charge is -2.37. The van der Waals surface area contributed by atoms with Gasteiger partial charge in [0.05, 0.1) is 0 Å². The minimum absolute atomic E-state index is 0. The van der Waals surface area contributed by atoms with Crippen LogP contribution >= 0.6 is 24.2 Å². The van der Waals surface area contributed by atoms with Gasteiger partial charge in [-0.2, -0.15) is 11.8 Å². The van der Waals surface area contributed by atoms with Crippen LogP contribution in [0.5, 0.6) is 0 Å². The maximum atomic E-state index is 11.7. The van der Waals surface area contributed by atoms with E-state index < -0.39 is 0 Å². The normalized spacial score (nSPS) is 21.7. The summed E-state index contributed by atoms with van der Waals surface area (Å²) in [7, 11) is 0. The van der Waals surface area contributed by atoms with Gasteiger partial charge in [-0.3, -0.25) is 4.79 Å². The van der Waals surface area contributed by atoms with Crippen molar-refractivity contribution in [2.24, 2.45) is 5.73 Å². The van der Waals surface area contributed by atoms with Gasteiger partial charge in [0.2, 0.25) is 5.91 Å². The van der Waals surface area contributed by atoms with Gasteiger partial charge in [-0.15, -0.1) is 12.4 Å². The third-order valence-corrected chi connectivity index (χ3v) is 3.57. The summed E-state index contributed by atoms with van der Waals surface area (Å²) in [4.78, 5) is 13.7. The molecular formula is C10H21ClN2OS. The monoisotopic (exact) mass is 252 g/mol. The summed E-state index contributed by atoms with van der Waals surface area (Å²) in [5.41, 5.74) is 5.61. The van der Waals surface area contributed by atoms with Gasteiger partial charge < -0.3 is 10.6 Å². The maximum absolute atomic E-state index is 11.7. The van der Waals surface area contributed by atoms with Gasteiger partial charge >= 0.3 is 0 Å². The van der Waals surface area contributed by atoms with Gasteiger partial charge in [-0.05, 0) is 20.8 Å². The highest BCUT2D eigenvalue weighted by Crippen LogP contribution is 2.29. The molecule has 0 saturated carbocycles. The Morgan fingerprint density at radius 3 is 2.67 bits per heavy atom. The van der Waals surface area contributed by atoms with E-state index in [4.69, 9.17) is 5.73 Å². The Hall–Kier alpha value is 0.0700. The Morgan fingerprint density at radius 2 is 2.20 bits per heavy atom. The second-order valence-electron chi connectivity index (χ2n) is 4.60. The van der Waals surface area contributed by atoms with Crippen molar-refractivity contribution < 1.29 is 4.79 Å². The summed E-state index contributed by atoms with van der Waals surface area (Å²) >= 11 is 1.94. The quantitative estimate of drug-likeness (QED) is 0.810. The zero-order chi connectivity index (χ0) is 10.8. The maximum Gasteiger partial charge on any atom is 0.224 e. The zero-order valence-electron chi connectivity index (χ0n) is 9.66. The van der Waals surface area contributed by atoms with Crippen LogP contribution in [0, 0.1) is 0 Å². The molecule has 0 aromatic heterocycles. The molecular weight excluding hydrogens is 232 g/mol. The molecule has 2 N–H and O–H groups in total. The number of thioether (sulfide) groups is 1. The average Bonchev–Trinajstić information content (AvgIpc) is 2.01. The first-order valence-corrected chi connectivity index (χ1v) is 6.06. The molecule has 0 aromatic rings. The predicted octanol–water partition coefficient (Wildman–Crippen LogP) is 1.50. The van der Waals surface area contributed by atoms with E-state index in [1.54, 1.807) is 0 Å². The largest absolute Gasteiger partial charge is 0.340 e. The van der Waals surface area contributed by atoms with Crippen LogP contribution < -0.4 is 5.73 Å². The van der Waals surface area contributed by atoms with Crippen LogP contribution in [0.25, 0.3) is 0 Å². The molecule has 1 atom stereocenters. The van der Waals surface area contributed by atoms with E-state index in [0.717, 1.165) is 18.8 Å². The molecule has 1 heterocycles. The fourth-order valence-corrected chi connectivity index (χ4v) is 2.75. The molecule has 0 aliphatic carbocycles. The topological polar surface area (TPSA) is 46.3 Å². The van der Waals surface area contributed by atoms with Gasteiger partial charge in [-0.25, -0.2) is 0 Å². The fraction of sp³-hybridized carbons (Fsp3) is 0.900. The van der Waals surface area contributed by atoms with Crippen molar-refractivity contribution in [1.29, 1.82) is 0 Å². The number of hydrogen-bond acceptors (Lipinski definition) is 3. The highest BCUT2D eigenvalue weighted by molar-refractivity contribution is 8.00. The van der Waals surface area contributed by atoms with Gasteiger partial charge in [0.15, 0.2) is 0 Å². The molecule has 0 spiro atoms. The molecule has 15 heavy (non-hydrogen) atoms. The lowest BCUT2D eigenvalue weighted by molar-refractivity contribution is -0.131. The second kappa shape index (κ2) is 5.97. The molecule has 0 aromatic carbocycles. The predicted molar refractivity (Wildman–Crippen MR) is 68.6 cm³/mol. The summed E-state index contributed by atoms with van der Waals surface area (Å²) in [6.07, 6.45) is 0.473. The van der Waals surface area contributed by atoms with Crippen molar-refractivity contribution in [3.05, 3.63) is 0 Å². The Kier molecular flexibility index (Phi) is 5.99. The first-order chi connectivity index (χ1) is 6.41. The van der Waals surface area contributed by atoms with Crippen LogP contribution in [0.4, 0.5) is 0 Å². The summed E-state index contributed by atoms with van der Waals surface area (Å²) in [6.45, 7) is 7.97. The van der Waals surface area contributed by atoms with Crippen LogP contribution in [0.15, 0.2) is 0 Å². The molecule has 1 unspecified atom stereocenters. The van der Waals surface area contributed by atoms with E-state index in [1.807, 2.05) is 23.6 Å². The molecule has 1 aliphatic heterocycles. The molecule has 1 fully saturated rings. The number of carbonyl (C=O) groups excluding carboxylic acids is 1. The molecule has 3 nitrogen and oxygen atoms in total. The summed E-state index contributed by atoms with van der Waals surface area (Å²) in [5.74, 6) is 1.24. The molecule has 1 aliphatic rings. The highest BCUT2D eigenvalue weighted by Gasteiger charge is 2.29. The highest BCUT2D eigenvalue weighted by atomic mass is 35.5. The molecule has 1 rings (SSSR count). The molecule has 5 heteroatoms. The number of nitrogens with two attached hydrogens (primary N) is 1. The molecule has 0 radical (unpaired) electrons. The molecule has 0 bridgehead atoms. The van der Waals surface area contributed by atoms with Crippen molar-refractivity contribution in [3.8, 4) is 0 Å². The van der Waals surface area contributed by atoms with Crippen LogP contribution in [-0.2, 0) is 4.79 Å². The van der Waals surface area contributed by atoms with Crippen molar-refractivity contribution in [3.63, 3.8) is 0 Å². The smallest absolute Gasteiger partial charge is 0.224 e. The van der Waals surface area contributed by atoms with Crippen LogP contribution in [0.2, 0.25) is 0 Å². The van der Waals surface area contributed by atoms with E-state index in [-0.39, 0.29) is 29.1 Å². The minimum Gasteiger partial charge on any atom is -0.340 e. The van der Waals surface area contributed by atoms with E-state index in [1.165, 1.54) is 0 Å². The van der Waals surface area contributed by atoms with Crippen molar-refractivity contribution >= 4 is 30.1 Å². The van der Waals surface area contributed by atoms with Crippen molar-refractivity contribution in [2.45, 2.75) is 38.0 Å². The Bertz CT molecular complexity index is 221. The number of amides is 1. The first kappa shape index (κ1) is 15.1. The van der Waals surface area contributed by atoms with Gasteiger partial charge in [0, 0.05) is 36.1 Å². The SMILES string of the molecule is CC(N)CC(=O)N1CCSC(C)(C)C1.Cl. The number of halogens is 1. The lowest BCUT2D eigenvalue weighted by Crippen LogP contribution is -2.47. The van der Waals surface area contributed by atoms with Crippen LogP contribution in [0.3, 0.4) is 0 Å². The Labute approximate surface area is 103 Å². The van der Waals surface area contributed by atoms with Crippen LogP contribution in [-0.4, -0.2) is 40.4 Å². The van der Waals surface area contributed by atoms with E-state index >= 15 is 0 Å². The third kappa shape index (κ3) is 5.09. The van der Waals surface area contributed by atoms with Crippen LogP contribution in [0.1, 0.15) is 27.2 Å². The minimum atomic E-state index is -0.0276. The number of nitrogens with zero attached hydrogens (tertiary/aromatic N) is 1. The fourth-order valence-electron chi connectivity index (χ4n) is 1.63. The first-order valence-electron chi connectivity index (χ1n) is 5.08. The summed E-state index contributed by atoms with van der Waals surface area (Å²) in [5, 5.41) is 0. The van der Waals surface area contributed by atoms with Gasteiger partial charge in [-0.1, -0.05) is 0 Å². The van der Waals surface area contributed by atoms with E-state index in [0.29, 0.717) is 6.42 Å². The Balaban J connectivity index is 0.00000196. The molecule has 90 valence electrons. The molecule has 1 saturated heterocycles.